The Hall–Kier alpha value is -3.12. The lowest BCUT2D eigenvalue weighted by atomic mass is 9.78. The second kappa shape index (κ2) is 13.3. The van der Waals surface area contributed by atoms with Gasteiger partial charge >= 0.3 is 0 Å². The predicted molar refractivity (Wildman–Crippen MR) is 156 cm³/mol. The number of carbonyl (C=O) groups is 1. The fraction of sp³-hybridized carbons (Fsp3) is 0.515. The van der Waals surface area contributed by atoms with E-state index < -0.39 is 0 Å². The maximum absolute atomic E-state index is 13.9. The standard InChI is InChI=1S/C33H44N2O4/c1-22(2)32(38-5)18-9-23(3)26-12-10-25(11-13-26)20-35(33(37)27-14-16-30(36)17-15-27)29-8-6-7-28(19-29)31-21-39-24(4)34-31/h6-9,18-19,21,25-27,30,36H,3,10-17,20H2,1-2,4-5H3/b18-9-/t25-,26-,27-,30-. The maximum Gasteiger partial charge on any atom is 0.230 e. The number of carbonyl (C=O) groups excluding carboxylic acids is 1. The van der Waals surface area contributed by atoms with Crippen LogP contribution in [0.15, 0.2) is 70.6 Å². The Kier molecular flexibility index (Phi) is 9.84. The summed E-state index contributed by atoms with van der Waals surface area (Å²) in [7, 11) is 1.70. The van der Waals surface area contributed by atoms with Gasteiger partial charge < -0.3 is 19.2 Å². The summed E-state index contributed by atoms with van der Waals surface area (Å²) in [6.45, 7) is 11.0. The Bertz CT molecular complexity index is 1190. The number of aromatic nitrogens is 1. The number of anilines is 1. The summed E-state index contributed by atoms with van der Waals surface area (Å²) < 4.78 is 10.9. The smallest absolute Gasteiger partial charge is 0.230 e. The Morgan fingerprint density at radius 2 is 1.79 bits per heavy atom. The zero-order valence-electron chi connectivity index (χ0n) is 24.0. The molecule has 2 saturated carbocycles. The summed E-state index contributed by atoms with van der Waals surface area (Å²) >= 11 is 0. The molecule has 1 aromatic carbocycles. The minimum atomic E-state index is -0.282. The van der Waals surface area contributed by atoms with Crippen molar-refractivity contribution in [2.45, 2.75) is 78.2 Å². The fourth-order valence-corrected chi connectivity index (χ4v) is 5.93. The van der Waals surface area contributed by atoms with Crippen molar-refractivity contribution in [1.29, 1.82) is 0 Å². The summed E-state index contributed by atoms with van der Waals surface area (Å²) in [5, 5.41) is 10.0. The Labute approximate surface area is 233 Å². The van der Waals surface area contributed by atoms with E-state index in [1.165, 1.54) is 0 Å². The number of aliphatic hydroxyl groups excluding tert-OH is 1. The monoisotopic (exact) mass is 532 g/mol. The molecule has 0 spiro atoms. The molecule has 39 heavy (non-hydrogen) atoms. The van der Waals surface area contributed by atoms with E-state index in [0.29, 0.717) is 37.1 Å². The number of hydrogen-bond donors (Lipinski definition) is 1. The molecule has 2 aromatic rings. The van der Waals surface area contributed by atoms with Crippen LogP contribution in [0.25, 0.3) is 11.3 Å². The Balaban J connectivity index is 1.47. The summed E-state index contributed by atoms with van der Waals surface area (Å²) in [6.07, 6.45) is 12.6. The van der Waals surface area contributed by atoms with Gasteiger partial charge in [0.2, 0.25) is 5.91 Å². The average molecular weight is 533 g/mol. The van der Waals surface area contributed by atoms with Crippen LogP contribution in [0.3, 0.4) is 0 Å². The van der Waals surface area contributed by atoms with Crippen molar-refractivity contribution >= 4 is 11.6 Å². The van der Waals surface area contributed by atoms with E-state index in [-0.39, 0.29) is 17.9 Å². The van der Waals surface area contributed by atoms with E-state index in [2.05, 4.69) is 23.7 Å². The first-order valence-electron chi connectivity index (χ1n) is 14.4. The molecule has 1 heterocycles. The SMILES string of the molecule is C=C(/C=C\C(OC)=C(C)C)[C@H]1CC[C@H](CN(c2cccc(-c3coc(C)n3)c2)C(=O)[C@H]2CC[C@H](O)CC2)CC1. The summed E-state index contributed by atoms with van der Waals surface area (Å²) in [6, 6.07) is 8.09. The maximum atomic E-state index is 13.9. The molecule has 0 radical (unpaired) electrons. The van der Waals surface area contributed by atoms with Gasteiger partial charge in [-0.3, -0.25) is 4.79 Å². The van der Waals surface area contributed by atoms with Crippen LogP contribution in [-0.4, -0.2) is 35.8 Å². The normalized spacial score (nSPS) is 23.4. The Morgan fingerprint density at radius 3 is 2.41 bits per heavy atom. The van der Waals surface area contributed by atoms with Crippen molar-refractivity contribution in [1.82, 2.24) is 4.98 Å². The van der Waals surface area contributed by atoms with Gasteiger partial charge in [-0.2, -0.15) is 0 Å². The van der Waals surface area contributed by atoms with Gasteiger partial charge in [0.1, 0.15) is 17.7 Å². The molecular weight excluding hydrogens is 488 g/mol. The molecule has 6 nitrogen and oxygen atoms in total. The first kappa shape index (κ1) is 28.9. The number of aryl methyl sites for hydroxylation is 1. The van der Waals surface area contributed by atoms with Crippen molar-refractivity contribution < 1.29 is 19.1 Å². The third-order valence-corrected chi connectivity index (χ3v) is 8.36. The number of amides is 1. The van der Waals surface area contributed by atoms with Gasteiger partial charge in [0, 0.05) is 30.6 Å². The lowest BCUT2D eigenvalue weighted by Crippen LogP contribution is -2.42. The zero-order valence-corrected chi connectivity index (χ0v) is 24.0. The van der Waals surface area contributed by atoms with E-state index in [1.807, 2.05) is 49.9 Å². The van der Waals surface area contributed by atoms with Crippen molar-refractivity contribution in [2.75, 3.05) is 18.6 Å². The van der Waals surface area contributed by atoms with Crippen LogP contribution in [0.4, 0.5) is 5.69 Å². The average Bonchev–Trinajstić information content (AvgIpc) is 3.38. The lowest BCUT2D eigenvalue weighted by Gasteiger charge is -2.36. The quantitative estimate of drug-likeness (QED) is 0.269. The molecule has 210 valence electrons. The van der Waals surface area contributed by atoms with Gasteiger partial charge in [0.05, 0.1) is 13.2 Å². The molecule has 2 aliphatic carbocycles. The number of nitrogens with zero attached hydrogens (tertiary/aromatic N) is 2. The molecule has 0 atom stereocenters. The topological polar surface area (TPSA) is 75.8 Å². The van der Waals surface area contributed by atoms with Crippen LogP contribution >= 0.6 is 0 Å². The van der Waals surface area contributed by atoms with Crippen molar-refractivity contribution in [2.24, 2.45) is 17.8 Å². The van der Waals surface area contributed by atoms with Crippen molar-refractivity contribution in [3.63, 3.8) is 0 Å². The van der Waals surface area contributed by atoms with Gasteiger partial charge in [-0.05, 0) is 101 Å². The first-order chi connectivity index (χ1) is 18.7. The van der Waals surface area contributed by atoms with Crippen LogP contribution in [0.2, 0.25) is 0 Å². The predicted octanol–water partition coefficient (Wildman–Crippen LogP) is 7.39. The number of hydrogen-bond acceptors (Lipinski definition) is 5. The molecule has 1 amide bonds. The largest absolute Gasteiger partial charge is 0.497 e. The molecular formula is C33H44N2O4. The van der Waals surface area contributed by atoms with E-state index >= 15 is 0 Å². The number of allylic oxidation sites excluding steroid dienone is 4. The van der Waals surface area contributed by atoms with E-state index in [4.69, 9.17) is 9.15 Å². The highest BCUT2D eigenvalue weighted by molar-refractivity contribution is 5.95. The molecule has 0 bridgehead atoms. The highest BCUT2D eigenvalue weighted by atomic mass is 16.5. The van der Waals surface area contributed by atoms with Crippen LogP contribution in [0.5, 0.6) is 0 Å². The van der Waals surface area contributed by atoms with Crippen molar-refractivity contribution in [3.05, 3.63) is 72.1 Å². The number of ether oxygens (including phenoxy) is 1. The Morgan fingerprint density at radius 1 is 1.10 bits per heavy atom. The number of rotatable bonds is 9. The van der Waals surface area contributed by atoms with Gasteiger partial charge in [0.25, 0.3) is 0 Å². The van der Waals surface area contributed by atoms with E-state index in [1.54, 1.807) is 13.4 Å². The molecule has 1 aromatic heterocycles. The zero-order chi connectivity index (χ0) is 27.9. The van der Waals surface area contributed by atoms with Gasteiger partial charge in [0.15, 0.2) is 5.89 Å². The fourth-order valence-electron chi connectivity index (χ4n) is 5.93. The summed E-state index contributed by atoms with van der Waals surface area (Å²) in [5.74, 6) is 2.53. The minimum Gasteiger partial charge on any atom is -0.497 e. The van der Waals surface area contributed by atoms with Crippen molar-refractivity contribution in [3.8, 4) is 11.3 Å². The molecule has 2 aliphatic rings. The second-order valence-corrected chi connectivity index (χ2v) is 11.5. The number of benzene rings is 1. The van der Waals surface area contributed by atoms with E-state index in [9.17, 15) is 9.90 Å². The number of methoxy groups -OCH3 is 1. The number of oxazole rings is 1. The molecule has 2 fully saturated rings. The van der Waals surface area contributed by atoms with E-state index in [0.717, 1.165) is 72.4 Å². The molecule has 0 aliphatic heterocycles. The highest BCUT2D eigenvalue weighted by Crippen LogP contribution is 2.36. The van der Waals surface area contributed by atoms with Crippen LogP contribution in [-0.2, 0) is 9.53 Å². The van der Waals surface area contributed by atoms with Gasteiger partial charge in [-0.15, -0.1) is 0 Å². The van der Waals surface area contributed by atoms with Gasteiger partial charge in [-0.1, -0.05) is 30.4 Å². The molecule has 4 rings (SSSR count). The molecule has 6 heteroatoms. The molecule has 0 unspecified atom stereocenters. The van der Waals surface area contributed by atoms with Gasteiger partial charge in [-0.25, -0.2) is 4.98 Å². The number of aliphatic hydroxyl groups is 1. The van der Waals surface area contributed by atoms with Crippen LogP contribution in [0.1, 0.15) is 71.1 Å². The van der Waals surface area contributed by atoms with Crippen LogP contribution in [0, 0.1) is 24.7 Å². The summed E-state index contributed by atoms with van der Waals surface area (Å²) in [5.41, 5.74) is 4.92. The highest BCUT2D eigenvalue weighted by Gasteiger charge is 2.32. The third kappa shape index (κ3) is 7.51. The molecule has 0 saturated heterocycles. The molecule has 1 N–H and O–H groups in total. The lowest BCUT2D eigenvalue weighted by molar-refractivity contribution is -0.124. The second-order valence-electron chi connectivity index (χ2n) is 11.5. The third-order valence-electron chi connectivity index (χ3n) is 8.36. The summed E-state index contributed by atoms with van der Waals surface area (Å²) in [4.78, 5) is 20.4. The van der Waals surface area contributed by atoms with Crippen LogP contribution < -0.4 is 4.90 Å². The first-order valence-corrected chi connectivity index (χ1v) is 14.4. The minimum absolute atomic E-state index is 0.0438.